The molecule has 8 nitrogen and oxygen atoms in total. The average Bonchev–Trinajstić information content (AvgIpc) is 3.17. The van der Waals surface area contributed by atoms with E-state index in [9.17, 15) is 19.7 Å². The minimum absolute atomic E-state index is 0.0724. The highest BCUT2D eigenvalue weighted by Gasteiger charge is 2.19. The van der Waals surface area contributed by atoms with Gasteiger partial charge in [0, 0.05) is 17.9 Å². The van der Waals surface area contributed by atoms with E-state index in [1.54, 1.807) is 13.0 Å². The Hall–Kier alpha value is -3.59. The van der Waals surface area contributed by atoms with Crippen LogP contribution in [0.4, 0.5) is 16.5 Å². The molecule has 29 heavy (non-hydrogen) atoms. The molecule has 0 fully saturated rings. The van der Waals surface area contributed by atoms with Crippen molar-refractivity contribution in [2.75, 3.05) is 10.6 Å². The first kappa shape index (κ1) is 20.2. The second-order valence-corrected chi connectivity index (χ2v) is 7.16. The Morgan fingerprint density at radius 2 is 1.90 bits per heavy atom. The van der Waals surface area contributed by atoms with Gasteiger partial charge in [0.15, 0.2) is 5.13 Å². The van der Waals surface area contributed by atoms with E-state index in [1.807, 2.05) is 30.3 Å². The fourth-order valence-corrected chi connectivity index (χ4v) is 3.31. The fourth-order valence-electron chi connectivity index (χ4n) is 2.60. The SMILES string of the molecule is Cc1ccc(NC(=O)c2csc(NC(=O)CCc3ccccc3)n2)c([N+](=O)[O-])c1. The first-order chi connectivity index (χ1) is 13.9. The summed E-state index contributed by atoms with van der Waals surface area (Å²) >= 11 is 1.11. The molecule has 0 atom stereocenters. The summed E-state index contributed by atoms with van der Waals surface area (Å²) in [4.78, 5) is 39.2. The van der Waals surface area contributed by atoms with E-state index < -0.39 is 10.8 Å². The number of aryl methyl sites for hydroxylation is 2. The van der Waals surface area contributed by atoms with Crippen LogP contribution in [-0.4, -0.2) is 21.7 Å². The molecule has 3 aromatic rings. The molecule has 2 aromatic carbocycles. The van der Waals surface area contributed by atoms with Gasteiger partial charge < -0.3 is 10.6 Å². The van der Waals surface area contributed by atoms with E-state index in [-0.39, 0.29) is 23.0 Å². The number of nitro groups is 1. The highest BCUT2D eigenvalue weighted by atomic mass is 32.1. The summed E-state index contributed by atoms with van der Waals surface area (Å²) in [5.74, 6) is -0.790. The summed E-state index contributed by atoms with van der Waals surface area (Å²) in [6.07, 6.45) is 0.892. The largest absolute Gasteiger partial charge is 0.315 e. The number of hydrogen-bond donors (Lipinski definition) is 2. The molecular weight excluding hydrogens is 392 g/mol. The third-order valence-corrected chi connectivity index (χ3v) is 4.82. The molecule has 0 aliphatic heterocycles. The number of aromatic nitrogens is 1. The Bertz CT molecular complexity index is 1050. The molecule has 0 saturated heterocycles. The maximum absolute atomic E-state index is 12.4. The van der Waals surface area contributed by atoms with Crippen LogP contribution < -0.4 is 10.6 Å². The number of hydrogen-bond acceptors (Lipinski definition) is 6. The molecule has 148 valence electrons. The van der Waals surface area contributed by atoms with Gasteiger partial charge in [-0.25, -0.2) is 4.98 Å². The normalized spacial score (nSPS) is 10.4. The fraction of sp³-hybridized carbons (Fsp3) is 0.150. The highest BCUT2D eigenvalue weighted by molar-refractivity contribution is 7.14. The van der Waals surface area contributed by atoms with Crippen LogP contribution in [0.2, 0.25) is 0 Å². The van der Waals surface area contributed by atoms with Crippen LogP contribution in [0.3, 0.4) is 0 Å². The van der Waals surface area contributed by atoms with E-state index in [0.29, 0.717) is 23.5 Å². The zero-order chi connectivity index (χ0) is 20.8. The Kier molecular flexibility index (Phi) is 6.30. The maximum Gasteiger partial charge on any atom is 0.293 e. The van der Waals surface area contributed by atoms with Gasteiger partial charge in [-0.1, -0.05) is 36.4 Å². The number of nitro benzene ring substituents is 1. The van der Waals surface area contributed by atoms with Gasteiger partial charge in [0.05, 0.1) is 4.92 Å². The zero-order valence-electron chi connectivity index (χ0n) is 15.5. The number of amides is 2. The Morgan fingerprint density at radius 3 is 2.62 bits per heavy atom. The average molecular weight is 410 g/mol. The van der Waals surface area contributed by atoms with Crippen LogP contribution in [0.1, 0.15) is 28.0 Å². The summed E-state index contributed by atoms with van der Waals surface area (Å²) in [6.45, 7) is 1.73. The van der Waals surface area contributed by atoms with Crippen molar-refractivity contribution in [2.45, 2.75) is 19.8 Å². The minimum Gasteiger partial charge on any atom is -0.315 e. The summed E-state index contributed by atoms with van der Waals surface area (Å²) < 4.78 is 0. The van der Waals surface area contributed by atoms with E-state index >= 15 is 0 Å². The second-order valence-electron chi connectivity index (χ2n) is 6.30. The Morgan fingerprint density at radius 1 is 1.14 bits per heavy atom. The van der Waals surface area contributed by atoms with Gasteiger partial charge in [0.1, 0.15) is 11.4 Å². The summed E-state index contributed by atoms with van der Waals surface area (Å²) in [7, 11) is 0. The monoisotopic (exact) mass is 410 g/mol. The van der Waals surface area contributed by atoms with Gasteiger partial charge in [-0.2, -0.15) is 0 Å². The van der Waals surface area contributed by atoms with Crippen molar-refractivity contribution >= 4 is 39.7 Å². The Labute approximate surface area is 170 Å². The Balaban J connectivity index is 1.60. The topological polar surface area (TPSA) is 114 Å². The molecule has 0 radical (unpaired) electrons. The molecule has 2 amide bonds. The summed E-state index contributed by atoms with van der Waals surface area (Å²) in [6, 6.07) is 14.2. The number of rotatable bonds is 7. The van der Waals surface area contributed by atoms with Crippen molar-refractivity contribution < 1.29 is 14.5 Å². The number of nitrogens with zero attached hydrogens (tertiary/aromatic N) is 2. The number of carbonyl (C=O) groups excluding carboxylic acids is 2. The second kappa shape index (κ2) is 9.07. The number of anilines is 2. The van der Waals surface area contributed by atoms with E-state index in [2.05, 4.69) is 15.6 Å². The lowest BCUT2D eigenvalue weighted by Crippen LogP contribution is -2.15. The van der Waals surface area contributed by atoms with Gasteiger partial charge >= 0.3 is 0 Å². The molecule has 2 N–H and O–H groups in total. The lowest BCUT2D eigenvalue weighted by molar-refractivity contribution is -0.384. The zero-order valence-corrected chi connectivity index (χ0v) is 16.4. The lowest BCUT2D eigenvalue weighted by Gasteiger charge is -2.05. The van der Waals surface area contributed by atoms with Crippen molar-refractivity contribution in [3.8, 4) is 0 Å². The molecule has 1 heterocycles. The molecule has 1 aromatic heterocycles. The molecule has 9 heteroatoms. The predicted molar refractivity (Wildman–Crippen MR) is 111 cm³/mol. The van der Waals surface area contributed by atoms with Crippen molar-refractivity contribution in [3.05, 3.63) is 80.8 Å². The van der Waals surface area contributed by atoms with Crippen LogP contribution in [0.15, 0.2) is 53.9 Å². The molecule has 0 aliphatic rings. The number of carbonyl (C=O) groups is 2. The third-order valence-electron chi connectivity index (χ3n) is 4.06. The van der Waals surface area contributed by atoms with E-state index in [1.165, 1.54) is 17.5 Å². The molecule has 3 rings (SSSR count). The van der Waals surface area contributed by atoms with E-state index in [4.69, 9.17) is 0 Å². The number of benzene rings is 2. The van der Waals surface area contributed by atoms with Crippen molar-refractivity contribution in [2.24, 2.45) is 0 Å². The van der Waals surface area contributed by atoms with Crippen molar-refractivity contribution in [1.29, 1.82) is 0 Å². The van der Waals surface area contributed by atoms with Crippen LogP contribution >= 0.6 is 11.3 Å². The third kappa shape index (κ3) is 5.45. The standard InChI is InChI=1S/C20H18N4O4S/c1-13-7-9-15(17(11-13)24(27)28)21-19(26)16-12-29-20(22-16)23-18(25)10-8-14-5-3-2-4-6-14/h2-7,9,11-12H,8,10H2,1H3,(H,21,26)(H,22,23,25). The number of thiazole rings is 1. The number of nitrogens with one attached hydrogen (secondary N) is 2. The van der Waals surface area contributed by atoms with Crippen LogP contribution in [0.5, 0.6) is 0 Å². The highest BCUT2D eigenvalue weighted by Crippen LogP contribution is 2.26. The van der Waals surface area contributed by atoms with E-state index in [0.717, 1.165) is 16.9 Å². The first-order valence-electron chi connectivity index (χ1n) is 8.78. The summed E-state index contributed by atoms with van der Waals surface area (Å²) in [5.41, 5.74) is 1.74. The molecule has 0 spiro atoms. The predicted octanol–water partition coefficient (Wildman–Crippen LogP) is 4.18. The van der Waals surface area contributed by atoms with Gasteiger partial charge in [-0.3, -0.25) is 19.7 Å². The molecule has 0 saturated carbocycles. The molecule has 0 aliphatic carbocycles. The molecule has 0 unspecified atom stereocenters. The van der Waals surface area contributed by atoms with Gasteiger partial charge in [0.25, 0.3) is 11.6 Å². The molecular formula is C20H18N4O4S. The van der Waals surface area contributed by atoms with Gasteiger partial charge in [0.2, 0.25) is 5.91 Å². The molecule has 0 bridgehead atoms. The van der Waals surface area contributed by atoms with Gasteiger partial charge in [-0.15, -0.1) is 11.3 Å². The quantitative estimate of drug-likeness (QED) is 0.448. The van der Waals surface area contributed by atoms with Crippen LogP contribution in [0.25, 0.3) is 0 Å². The smallest absolute Gasteiger partial charge is 0.293 e. The summed E-state index contributed by atoms with van der Waals surface area (Å²) in [5, 5.41) is 18.1. The van der Waals surface area contributed by atoms with Crippen molar-refractivity contribution in [3.63, 3.8) is 0 Å². The van der Waals surface area contributed by atoms with Crippen LogP contribution in [0, 0.1) is 17.0 Å². The first-order valence-corrected chi connectivity index (χ1v) is 9.66. The maximum atomic E-state index is 12.4. The van der Waals surface area contributed by atoms with Crippen molar-refractivity contribution in [1.82, 2.24) is 4.98 Å². The lowest BCUT2D eigenvalue weighted by atomic mass is 10.1. The minimum atomic E-state index is -0.585. The van der Waals surface area contributed by atoms with Gasteiger partial charge in [-0.05, 0) is 30.5 Å². The van der Waals surface area contributed by atoms with Crippen LogP contribution in [-0.2, 0) is 11.2 Å².